The maximum atomic E-state index is 12.6. The zero-order valence-electron chi connectivity index (χ0n) is 15.2. The standard InChI is InChI=1S/C17H25N3O4S2/c1-4-5-13(20-26(22)23)8-11-15(16(21)19-17(25)18-2)12-6-9-14(24-3)10-7-12/h6-7,9-10,13,15H,4-5,8,11H2,1-3H3,(H2,18,19,21,25). The molecule has 9 heteroatoms. The largest absolute Gasteiger partial charge is 0.497 e. The van der Waals surface area contributed by atoms with Gasteiger partial charge in [-0.25, -0.2) is 0 Å². The number of hydrogen-bond donors (Lipinski definition) is 2. The summed E-state index contributed by atoms with van der Waals surface area (Å²) >= 11 is 5.01. The van der Waals surface area contributed by atoms with Gasteiger partial charge in [0.25, 0.3) is 0 Å². The summed E-state index contributed by atoms with van der Waals surface area (Å²) in [6.45, 7) is 1.97. The zero-order valence-corrected chi connectivity index (χ0v) is 16.8. The molecule has 0 aromatic heterocycles. The fraction of sp³-hybridized carbons (Fsp3) is 0.529. The van der Waals surface area contributed by atoms with E-state index in [1.807, 2.05) is 19.1 Å². The summed E-state index contributed by atoms with van der Waals surface area (Å²) in [4.78, 5) is 12.6. The van der Waals surface area contributed by atoms with Gasteiger partial charge in [-0.3, -0.25) is 4.79 Å². The Morgan fingerprint density at radius 3 is 2.38 bits per heavy atom. The quantitative estimate of drug-likeness (QED) is 0.619. The van der Waals surface area contributed by atoms with Crippen LogP contribution >= 0.6 is 12.2 Å². The fourth-order valence-electron chi connectivity index (χ4n) is 2.61. The van der Waals surface area contributed by atoms with Crippen LogP contribution in [-0.4, -0.2) is 39.6 Å². The van der Waals surface area contributed by atoms with Gasteiger partial charge in [0.05, 0.1) is 19.1 Å². The lowest BCUT2D eigenvalue weighted by Gasteiger charge is -2.19. The van der Waals surface area contributed by atoms with Crippen molar-refractivity contribution in [1.82, 2.24) is 10.6 Å². The minimum absolute atomic E-state index is 0.240. The smallest absolute Gasteiger partial charge is 0.311 e. The molecule has 26 heavy (non-hydrogen) atoms. The van der Waals surface area contributed by atoms with Crippen LogP contribution in [0.1, 0.15) is 44.1 Å². The molecule has 0 spiro atoms. The molecular formula is C17H25N3O4S2. The number of benzene rings is 1. The molecular weight excluding hydrogens is 374 g/mol. The summed E-state index contributed by atoms with van der Waals surface area (Å²) in [6.07, 6.45) is 2.41. The maximum absolute atomic E-state index is 12.6. The number of methoxy groups -OCH3 is 1. The third kappa shape index (κ3) is 7.49. The zero-order chi connectivity index (χ0) is 19.5. The molecule has 1 rings (SSSR count). The second-order valence-corrected chi connectivity index (χ2v) is 6.79. The molecule has 0 fully saturated rings. The molecule has 0 aliphatic rings. The Bertz CT molecular complexity index is 725. The van der Waals surface area contributed by atoms with E-state index in [2.05, 4.69) is 15.0 Å². The average Bonchev–Trinajstić information content (AvgIpc) is 2.61. The number of carbonyl (C=O) groups excluding carboxylic acids is 1. The number of amides is 1. The van der Waals surface area contributed by atoms with E-state index in [-0.39, 0.29) is 17.1 Å². The predicted octanol–water partition coefficient (Wildman–Crippen LogP) is 2.41. The predicted molar refractivity (Wildman–Crippen MR) is 105 cm³/mol. The molecule has 7 nitrogen and oxygen atoms in total. The van der Waals surface area contributed by atoms with E-state index in [1.165, 1.54) is 0 Å². The lowest BCUT2D eigenvalue weighted by atomic mass is 9.91. The van der Waals surface area contributed by atoms with Gasteiger partial charge in [-0.15, -0.1) is 0 Å². The molecule has 2 unspecified atom stereocenters. The first-order chi connectivity index (χ1) is 12.4. The van der Waals surface area contributed by atoms with Gasteiger partial charge >= 0.3 is 10.5 Å². The van der Waals surface area contributed by atoms with Crippen molar-refractivity contribution in [3.63, 3.8) is 0 Å². The summed E-state index contributed by atoms with van der Waals surface area (Å²) in [7, 11) is 0.749. The summed E-state index contributed by atoms with van der Waals surface area (Å²) in [5.74, 6) is -0.0193. The highest BCUT2D eigenvalue weighted by atomic mass is 32.2. The van der Waals surface area contributed by atoms with E-state index >= 15 is 0 Å². The van der Waals surface area contributed by atoms with Gasteiger partial charge in [-0.2, -0.15) is 12.8 Å². The van der Waals surface area contributed by atoms with E-state index in [4.69, 9.17) is 17.0 Å². The van der Waals surface area contributed by atoms with Crippen molar-refractivity contribution in [3.05, 3.63) is 29.8 Å². The van der Waals surface area contributed by atoms with E-state index in [0.29, 0.717) is 25.0 Å². The molecule has 0 aliphatic heterocycles. The lowest BCUT2D eigenvalue weighted by Crippen LogP contribution is -2.40. The van der Waals surface area contributed by atoms with Crippen molar-refractivity contribution in [2.24, 2.45) is 4.36 Å². The number of carbonyl (C=O) groups is 1. The molecule has 0 aliphatic carbocycles. The first-order valence-electron chi connectivity index (χ1n) is 8.38. The van der Waals surface area contributed by atoms with Crippen LogP contribution in [-0.2, 0) is 15.3 Å². The number of nitrogens with zero attached hydrogens (tertiary/aromatic N) is 1. The maximum Gasteiger partial charge on any atom is 0.311 e. The van der Waals surface area contributed by atoms with Crippen molar-refractivity contribution in [2.45, 2.75) is 44.6 Å². The van der Waals surface area contributed by atoms with Gasteiger partial charge in [0, 0.05) is 7.05 Å². The third-order valence-corrected chi connectivity index (χ3v) is 4.72. The van der Waals surface area contributed by atoms with E-state index < -0.39 is 16.4 Å². The fourth-order valence-corrected chi connectivity index (χ4v) is 3.17. The van der Waals surface area contributed by atoms with Gasteiger partial charge in [-0.05, 0) is 49.2 Å². The van der Waals surface area contributed by atoms with Gasteiger partial charge in [0.1, 0.15) is 5.75 Å². The van der Waals surface area contributed by atoms with Crippen molar-refractivity contribution in [2.75, 3.05) is 14.2 Å². The van der Waals surface area contributed by atoms with Crippen molar-refractivity contribution in [1.29, 1.82) is 0 Å². The van der Waals surface area contributed by atoms with E-state index in [1.54, 1.807) is 26.3 Å². The molecule has 1 amide bonds. The average molecular weight is 400 g/mol. The SMILES string of the molecule is CCCC(CCC(C(=O)NC(=S)NC)c1ccc(OC)cc1)N=S(=O)=O. The molecule has 1 aromatic carbocycles. The number of thiocarbonyl (C=S) groups is 1. The summed E-state index contributed by atoms with van der Waals surface area (Å²) in [5, 5.41) is 5.60. The molecule has 0 radical (unpaired) electrons. The molecule has 144 valence electrons. The van der Waals surface area contributed by atoms with Crippen LogP contribution in [0.25, 0.3) is 0 Å². The third-order valence-electron chi connectivity index (χ3n) is 3.94. The summed E-state index contributed by atoms with van der Waals surface area (Å²) in [6, 6.07) is 6.88. The van der Waals surface area contributed by atoms with Crippen LogP contribution in [0.5, 0.6) is 5.75 Å². The van der Waals surface area contributed by atoms with Crippen LogP contribution in [0.2, 0.25) is 0 Å². The van der Waals surface area contributed by atoms with Gasteiger partial charge < -0.3 is 15.4 Å². The molecule has 0 saturated carbocycles. The van der Waals surface area contributed by atoms with Crippen LogP contribution in [0.3, 0.4) is 0 Å². The number of nitrogens with one attached hydrogen (secondary N) is 2. The summed E-state index contributed by atoms with van der Waals surface area (Å²) < 4.78 is 30.7. The second-order valence-electron chi connectivity index (χ2n) is 5.74. The monoisotopic (exact) mass is 399 g/mol. The van der Waals surface area contributed by atoms with Crippen LogP contribution in [0, 0.1) is 0 Å². The van der Waals surface area contributed by atoms with Crippen molar-refractivity contribution >= 4 is 33.7 Å². The van der Waals surface area contributed by atoms with E-state index in [0.717, 1.165) is 12.0 Å². The first-order valence-corrected chi connectivity index (χ1v) is 9.82. The highest BCUT2D eigenvalue weighted by Crippen LogP contribution is 2.26. The van der Waals surface area contributed by atoms with Gasteiger partial charge in [0.2, 0.25) is 5.91 Å². The van der Waals surface area contributed by atoms with Crippen molar-refractivity contribution < 1.29 is 17.9 Å². The van der Waals surface area contributed by atoms with Crippen molar-refractivity contribution in [3.8, 4) is 5.75 Å². The first kappa shape index (κ1) is 22.0. The second kappa shape index (κ2) is 11.6. The lowest BCUT2D eigenvalue weighted by molar-refractivity contribution is -0.121. The van der Waals surface area contributed by atoms with Crippen LogP contribution < -0.4 is 15.4 Å². The Balaban J connectivity index is 3.00. The minimum atomic E-state index is -2.45. The number of ether oxygens (including phenoxy) is 1. The Labute approximate surface area is 161 Å². The Morgan fingerprint density at radius 1 is 1.23 bits per heavy atom. The van der Waals surface area contributed by atoms with Gasteiger partial charge in [-0.1, -0.05) is 25.5 Å². The van der Waals surface area contributed by atoms with Gasteiger partial charge in [0.15, 0.2) is 5.11 Å². The molecule has 0 heterocycles. The molecule has 2 N–H and O–H groups in total. The Hall–Kier alpha value is -2.00. The molecule has 1 aromatic rings. The topological polar surface area (TPSA) is 96.9 Å². The minimum Gasteiger partial charge on any atom is -0.497 e. The van der Waals surface area contributed by atoms with E-state index in [9.17, 15) is 13.2 Å². The number of rotatable bonds is 9. The molecule has 0 saturated heterocycles. The molecule has 0 bridgehead atoms. The molecule has 2 atom stereocenters. The van der Waals surface area contributed by atoms with Crippen LogP contribution in [0.15, 0.2) is 28.6 Å². The Morgan fingerprint density at radius 2 is 1.88 bits per heavy atom. The highest BCUT2D eigenvalue weighted by molar-refractivity contribution is 7.80. The summed E-state index contributed by atoms with van der Waals surface area (Å²) in [5.41, 5.74) is 0.806. The Kier molecular flexibility index (Phi) is 9.82. The normalized spacial score (nSPS) is 12.6. The highest BCUT2D eigenvalue weighted by Gasteiger charge is 2.23. The van der Waals surface area contributed by atoms with Crippen LogP contribution in [0.4, 0.5) is 0 Å². The number of hydrogen-bond acceptors (Lipinski definition) is 6.